The van der Waals surface area contributed by atoms with E-state index in [1.165, 1.54) is 28.6 Å². The van der Waals surface area contributed by atoms with E-state index in [2.05, 4.69) is 34.3 Å². The van der Waals surface area contributed by atoms with Crippen LogP contribution < -0.4 is 30.3 Å². The molecule has 2 rings (SSSR count). The molecule has 78 valence electrons. The molecule has 1 aliphatic heterocycles. The first-order valence-corrected chi connectivity index (χ1v) is 7.47. The van der Waals surface area contributed by atoms with E-state index in [1.54, 1.807) is 0 Å². The Balaban J connectivity index is 2.03. The van der Waals surface area contributed by atoms with Crippen molar-refractivity contribution in [3.63, 3.8) is 0 Å². The summed E-state index contributed by atoms with van der Waals surface area (Å²) >= 11 is 0.100. The molecule has 0 bridgehead atoms. The Hall–Kier alpha value is -0.290. The number of nitrogens with two attached hydrogens (primary N) is 1. The normalized spacial score (nSPS) is 17.1. The summed E-state index contributed by atoms with van der Waals surface area (Å²) in [5, 5.41) is 0. The molecule has 1 heterocycles. The Morgan fingerprint density at radius 3 is 3.07 bits per heavy atom. The molecule has 0 amide bonds. The van der Waals surface area contributed by atoms with E-state index in [-0.39, 0.29) is 21.5 Å². The fourth-order valence-electron chi connectivity index (χ4n) is 1.61. The average Bonchev–Trinajstić information content (AvgIpc) is 2.58. The zero-order valence-corrected chi connectivity index (χ0v) is 10.6. The van der Waals surface area contributed by atoms with Crippen LogP contribution in [0.5, 0.6) is 0 Å². The van der Waals surface area contributed by atoms with Gasteiger partial charge in [0.05, 0.1) is 0 Å². The summed E-state index contributed by atoms with van der Waals surface area (Å²) in [6.45, 7) is 3.31. The summed E-state index contributed by atoms with van der Waals surface area (Å²) in [6.07, 6.45) is 1.22. The molecule has 2 N–H and O–H groups in total. The molecule has 2 nitrogen and oxygen atoms in total. The van der Waals surface area contributed by atoms with Gasteiger partial charge >= 0.3 is 96.2 Å². The number of halogens is 1. The Morgan fingerprint density at radius 2 is 2.29 bits per heavy atom. The SMILES string of the molecule is CC(N)C[I-]N1CCc2ccccc21. The standard InChI is InChI=1S/C11H16IN2/c1-9(13)8-12-14-7-6-10-4-2-3-5-11(10)14/h2-5,9H,6-8,13H2,1H3/q-1. The molecule has 1 atom stereocenters. The predicted molar refractivity (Wildman–Crippen MR) is 56.0 cm³/mol. The zero-order chi connectivity index (χ0) is 9.97. The molecule has 1 aromatic rings. The first-order chi connectivity index (χ1) is 6.77. The molecule has 0 aromatic heterocycles. The molecule has 0 spiro atoms. The van der Waals surface area contributed by atoms with Crippen LogP contribution >= 0.6 is 0 Å². The van der Waals surface area contributed by atoms with E-state index >= 15 is 0 Å². The summed E-state index contributed by atoms with van der Waals surface area (Å²) in [4.78, 5) is 0. The van der Waals surface area contributed by atoms with Gasteiger partial charge in [-0.1, -0.05) is 0 Å². The van der Waals surface area contributed by atoms with Crippen LogP contribution in [-0.2, 0) is 6.42 Å². The van der Waals surface area contributed by atoms with Crippen molar-refractivity contribution >= 4 is 5.69 Å². The number of fused-ring (bicyclic) bond motifs is 1. The van der Waals surface area contributed by atoms with E-state index in [1.807, 2.05) is 0 Å². The maximum absolute atomic E-state index is 5.79. The third-order valence-electron chi connectivity index (χ3n) is 2.29. The molecule has 0 aliphatic carbocycles. The number of nitrogens with zero attached hydrogens (tertiary/aromatic N) is 1. The molecular formula is C11H16IN2-. The second kappa shape index (κ2) is 4.49. The first-order valence-electron chi connectivity index (χ1n) is 4.98. The summed E-state index contributed by atoms with van der Waals surface area (Å²) in [7, 11) is 0. The molecule has 0 radical (unpaired) electrons. The van der Waals surface area contributed by atoms with Crippen LogP contribution in [0.25, 0.3) is 0 Å². The van der Waals surface area contributed by atoms with Gasteiger partial charge in [0, 0.05) is 0 Å². The van der Waals surface area contributed by atoms with Crippen LogP contribution in [0.15, 0.2) is 24.3 Å². The Bertz CT molecular complexity index is 312. The van der Waals surface area contributed by atoms with Crippen LogP contribution in [0.3, 0.4) is 0 Å². The van der Waals surface area contributed by atoms with E-state index in [4.69, 9.17) is 5.73 Å². The van der Waals surface area contributed by atoms with Gasteiger partial charge < -0.3 is 0 Å². The van der Waals surface area contributed by atoms with Gasteiger partial charge in [-0.3, -0.25) is 0 Å². The van der Waals surface area contributed by atoms with Crippen molar-refractivity contribution in [1.82, 2.24) is 0 Å². The Kier molecular flexibility index (Phi) is 3.28. The Labute approximate surface area is 96.1 Å². The zero-order valence-electron chi connectivity index (χ0n) is 8.41. The molecule has 1 aliphatic rings. The third kappa shape index (κ3) is 2.20. The van der Waals surface area contributed by atoms with E-state index in [0.29, 0.717) is 6.04 Å². The molecule has 14 heavy (non-hydrogen) atoms. The van der Waals surface area contributed by atoms with Crippen molar-refractivity contribution < 1.29 is 21.5 Å². The van der Waals surface area contributed by atoms with Crippen LogP contribution in [0.2, 0.25) is 0 Å². The first kappa shape index (κ1) is 10.2. The van der Waals surface area contributed by atoms with Crippen LogP contribution in [-0.4, -0.2) is 17.0 Å². The number of para-hydroxylation sites is 1. The van der Waals surface area contributed by atoms with Gasteiger partial charge in [-0.15, -0.1) is 0 Å². The second-order valence-corrected chi connectivity index (χ2v) is 6.44. The maximum atomic E-state index is 5.79. The average molecular weight is 303 g/mol. The quantitative estimate of drug-likeness (QED) is 0.414. The monoisotopic (exact) mass is 303 g/mol. The summed E-state index contributed by atoms with van der Waals surface area (Å²) < 4.78 is 3.74. The van der Waals surface area contributed by atoms with Crippen LogP contribution in [0, 0.1) is 0 Å². The van der Waals surface area contributed by atoms with Crippen molar-refractivity contribution in [2.24, 2.45) is 5.73 Å². The second-order valence-electron chi connectivity index (χ2n) is 3.72. The van der Waals surface area contributed by atoms with Crippen LogP contribution in [0.1, 0.15) is 12.5 Å². The predicted octanol–water partition coefficient (Wildman–Crippen LogP) is -1.60. The van der Waals surface area contributed by atoms with E-state index in [0.717, 1.165) is 0 Å². The number of hydrogen-bond acceptors (Lipinski definition) is 2. The van der Waals surface area contributed by atoms with Crippen molar-refractivity contribution in [2.45, 2.75) is 19.4 Å². The number of benzene rings is 1. The molecule has 1 aromatic carbocycles. The van der Waals surface area contributed by atoms with Gasteiger partial charge in [0.25, 0.3) is 0 Å². The topological polar surface area (TPSA) is 29.3 Å². The Morgan fingerprint density at radius 1 is 1.50 bits per heavy atom. The van der Waals surface area contributed by atoms with E-state index < -0.39 is 0 Å². The van der Waals surface area contributed by atoms with E-state index in [9.17, 15) is 0 Å². The summed E-state index contributed by atoms with van der Waals surface area (Å²) in [5.41, 5.74) is 8.76. The number of rotatable bonds is 3. The fourth-order valence-corrected chi connectivity index (χ4v) is 4.13. The van der Waals surface area contributed by atoms with Crippen molar-refractivity contribution in [3.8, 4) is 0 Å². The molecule has 1 unspecified atom stereocenters. The minimum atomic E-state index is 0.100. The van der Waals surface area contributed by atoms with Crippen molar-refractivity contribution in [2.75, 3.05) is 14.1 Å². The van der Waals surface area contributed by atoms with Crippen molar-refractivity contribution in [1.29, 1.82) is 0 Å². The van der Waals surface area contributed by atoms with Gasteiger partial charge in [0.1, 0.15) is 0 Å². The van der Waals surface area contributed by atoms with Crippen molar-refractivity contribution in [3.05, 3.63) is 29.8 Å². The molecular weight excluding hydrogens is 287 g/mol. The summed E-state index contributed by atoms with van der Waals surface area (Å²) in [5.74, 6) is 0. The molecule has 3 heteroatoms. The van der Waals surface area contributed by atoms with Gasteiger partial charge in [-0.25, -0.2) is 0 Å². The van der Waals surface area contributed by atoms with Gasteiger partial charge in [0.15, 0.2) is 0 Å². The molecule has 0 saturated carbocycles. The third-order valence-corrected chi connectivity index (χ3v) is 5.90. The van der Waals surface area contributed by atoms with Gasteiger partial charge in [-0.2, -0.15) is 0 Å². The van der Waals surface area contributed by atoms with Gasteiger partial charge in [-0.05, 0) is 0 Å². The minimum absolute atomic E-state index is 0.100. The van der Waals surface area contributed by atoms with Crippen LogP contribution in [0.4, 0.5) is 5.69 Å². The fraction of sp³-hybridized carbons (Fsp3) is 0.455. The van der Waals surface area contributed by atoms with Gasteiger partial charge in [0.2, 0.25) is 0 Å². The summed E-state index contributed by atoms with van der Waals surface area (Å²) in [6, 6.07) is 9.10. The molecule has 0 saturated heterocycles. The number of alkyl halides is 1. The molecule has 0 fully saturated rings. The number of hydrogen-bond donors (Lipinski definition) is 1. The number of anilines is 1.